The van der Waals surface area contributed by atoms with Crippen molar-refractivity contribution in [1.29, 1.82) is 0 Å². The Morgan fingerprint density at radius 2 is 1.90 bits per heavy atom. The second-order valence-corrected chi connectivity index (χ2v) is 7.89. The van der Waals surface area contributed by atoms with Crippen LogP contribution in [0, 0.1) is 6.92 Å². The van der Waals surface area contributed by atoms with Crippen LogP contribution in [0.1, 0.15) is 21.6 Å². The lowest BCUT2D eigenvalue weighted by molar-refractivity contribution is 0.101. The highest BCUT2D eigenvalue weighted by Crippen LogP contribution is 2.39. The van der Waals surface area contributed by atoms with Gasteiger partial charge in [-0.2, -0.15) is 0 Å². The molecule has 1 amide bonds. The van der Waals surface area contributed by atoms with Gasteiger partial charge in [-0.3, -0.25) is 4.79 Å². The normalized spacial score (nSPS) is 15.9. The first-order valence-electron chi connectivity index (χ1n) is 10.2. The number of piperazine rings is 1. The van der Waals surface area contributed by atoms with Gasteiger partial charge in [0, 0.05) is 26.2 Å². The molecule has 0 spiro atoms. The maximum absolute atomic E-state index is 13.1. The van der Waals surface area contributed by atoms with E-state index in [9.17, 15) is 4.79 Å². The highest BCUT2D eigenvalue weighted by Gasteiger charge is 2.29. The zero-order valence-electron chi connectivity index (χ0n) is 17.1. The van der Waals surface area contributed by atoms with Crippen LogP contribution in [0.25, 0.3) is 11.3 Å². The monoisotopic (exact) mass is 404 g/mol. The third kappa shape index (κ3) is 3.31. The molecule has 0 aliphatic carbocycles. The first kappa shape index (κ1) is 18.7. The smallest absolute Gasteiger partial charge is 0.278 e. The number of amides is 1. The van der Waals surface area contributed by atoms with Gasteiger partial charge in [-0.1, -0.05) is 28.9 Å². The number of fused-ring (bicyclic) bond motifs is 3. The fraction of sp³-hybridized carbons (Fsp3) is 0.304. The lowest BCUT2D eigenvalue weighted by Gasteiger charge is -2.35. The first-order valence-corrected chi connectivity index (χ1v) is 10.2. The molecule has 0 atom stereocenters. The van der Waals surface area contributed by atoms with Crippen molar-refractivity contribution in [3.63, 3.8) is 0 Å². The third-order valence-electron chi connectivity index (χ3n) is 5.75. The number of anilines is 2. The molecule has 1 N–H and O–H groups in total. The van der Waals surface area contributed by atoms with E-state index in [0.29, 0.717) is 11.3 Å². The average molecular weight is 404 g/mol. The van der Waals surface area contributed by atoms with Crippen molar-refractivity contribution >= 4 is 17.3 Å². The first-order chi connectivity index (χ1) is 14.6. The minimum absolute atomic E-state index is 0.262. The average Bonchev–Trinajstić information content (AvgIpc) is 3.20. The number of rotatable bonds is 3. The second-order valence-electron chi connectivity index (χ2n) is 7.89. The number of nitrogens with one attached hydrogen (secondary N) is 1. The summed E-state index contributed by atoms with van der Waals surface area (Å²) in [5, 5.41) is 7.12. The van der Waals surface area contributed by atoms with E-state index >= 15 is 0 Å². The number of benzene rings is 2. The topological polar surface area (TPSA) is 70.8 Å². The van der Waals surface area contributed by atoms with Gasteiger partial charge in [0.15, 0.2) is 11.5 Å². The molecule has 0 bridgehead atoms. The minimum atomic E-state index is -0.290. The third-order valence-corrected chi connectivity index (χ3v) is 5.75. The summed E-state index contributed by atoms with van der Waals surface area (Å²) in [7, 11) is 2.13. The van der Waals surface area contributed by atoms with Crippen LogP contribution in [-0.4, -0.2) is 49.2 Å². The molecule has 7 heteroatoms. The number of nitrogens with zero attached hydrogens (tertiary/aromatic N) is 3. The van der Waals surface area contributed by atoms with Gasteiger partial charge in [0.25, 0.3) is 5.91 Å². The number of likely N-dealkylation sites (N-methyl/N-ethyl adjacent to an activating group) is 1. The summed E-state index contributed by atoms with van der Waals surface area (Å²) in [6.45, 7) is 6.11. The fourth-order valence-electron chi connectivity index (χ4n) is 4.01. The van der Waals surface area contributed by atoms with E-state index in [0.717, 1.165) is 54.4 Å². The number of aromatic nitrogens is 1. The van der Waals surface area contributed by atoms with E-state index in [-0.39, 0.29) is 18.2 Å². The van der Waals surface area contributed by atoms with Crippen molar-refractivity contribution in [2.24, 2.45) is 0 Å². The Morgan fingerprint density at radius 3 is 2.73 bits per heavy atom. The molecule has 5 rings (SSSR count). The molecule has 2 aromatic carbocycles. The van der Waals surface area contributed by atoms with Crippen molar-refractivity contribution in [3.8, 4) is 17.1 Å². The summed E-state index contributed by atoms with van der Waals surface area (Å²) < 4.78 is 11.4. The number of hydrogen-bond donors (Lipinski definition) is 1. The van der Waals surface area contributed by atoms with Crippen molar-refractivity contribution in [3.05, 3.63) is 59.3 Å². The summed E-state index contributed by atoms with van der Waals surface area (Å²) in [5.41, 5.74) is 4.67. The van der Waals surface area contributed by atoms with Crippen LogP contribution in [0.4, 0.5) is 11.4 Å². The Bertz CT molecular complexity index is 1100. The Balaban J connectivity index is 1.42. The zero-order valence-corrected chi connectivity index (χ0v) is 17.1. The molecule has 3 aromatic rings. The Hall–Kier alpha value is -3.32. The molecule has 1 saturated heterocycles. The Morgan fingerprint density at radius 1 is 1.10 bits per heavy atom. The number of ether oxygens (including phenoxy) is 1. The zero-order chi connectivity index (χ0) is 20.7. The van der Waals surface area contributed by atoms with E-state index in [4.69, 9.17) is 9.26 Å². The van der Waals surface area contributed by atoms with Gasteiger partial charge in [0.2, 0.25) is 0 Å². The summed E-state index contributed by atoms with van der Waals surface area (Å²) in [6, 6.07) is 13.8. The van der Waals surface area contributed by atoms with Crippen molar-refractivity contribution in [2.75, 3.05) is 43.4 Å². The van der Waals surface area contributed by atoms with Crippen LogP contribution in [0.3, 0.4) is 0 Å². The van der Waals surface area contributed by atoms with Crippen molar-refractivity contribution < 1.29 is 14.1 Å². The van der Waals surface area contributed by atoms with Crippen LogP contribution >= 0.6 is 0 Å². The highest BCUT2D eigenvalue weighted by atomic mass is 16.5. The maximum atomic E-state index is 13.1. The molecule has 30 heavy (non-hydrogen) atoms. The largest absolute Gasteiger partial charge is 0.488 e. The minimum Gasteiger partial charge on any atom is -0.488 e. The summed E-state index contributed by atoms with van der Waals surface area (Å²) in [6.07, 6.45) is 0. The standard InChI is InChI=1S/C23H24N4O3/c1-15-7-8-20-16(13-15)22-17(14-29-20)21(25-30-22)23(28)24-18-5-3-4-6-19(18)27-11-9-26(2)10-12-27/h3-8,13H,9-12,14H2,1-2H3,(H,24,28). The molecule has 3 heterocycles. The summed E-state index contributed by atoms with van der Waals surface area (Å²) in [4.78, 5) is 17.7. The SMILES string of the molecule is Cc1ccc2c(c1)-c1onc(C(=O)Nc3ccccc3N3CCN(C)CC3)c1CO2. The van der Waals surface area contributed by atoms with Crippen LogP contribution in [-0.2, 0) is 6.61 Å². The van der Waals surface area contributed by atoms with Crippen LogP contribution < -0.4 is 15.0 Å². The van der Waals surface area contributed by atoms with Crippen molar-refractivity contribution in [1.82, 2.24) is 10.1 Å². The molecule has 0 saturated carbocycles. The van der Waals surface area contributed by atoms with Crippen LogP contribution in [0.5, 0.6) is 5.75 Å². The van der Waals surface area contributed by atoms with Gasteiger partial charge in [-0.25, -0.2) is 0 Å². The summed E-state index contributed by atoms with van der Waals surface area (Å²) in [5.74, 6) is 1.07. The molecule has 1 fully saturated rings. The lowest BCUT2D eigenvalue weighted by Crippen LogP contribution is -2.44. The lowest BCUT2D eigenvalue weighted by atomic mass is 10.0. The van der Waals surface area contributed by atoms with Gasteiger partial charge in [-0.15, -0.1) is 0 Å². The predicted molar refractivity (Wildman–Crippen MR) is 115 cm³/mol. The predicted octanol–water partition coefficient (Wildman–Crippen LogP) is 3.55. The number of hydrogen-bond acceptors (Lipinski definition) is 6. The van der Waals surface area contributed by atoms with E-state index in [1.165, 1.54) is 0 Å². The van der Waals surface area contributed by atoms with Gasteiger partial charge >= 0.3 is 0 Å². The molecule has 1 aromatic heterocycles. The molecule has 7 nitrogen and oxygen atoms in total. The Kier molecular flexibility index (Phi) is 4.67. The maximum Gasteiger partial charge on any atom is 0.278 e. The van der Waals surface area contributed by atoms with Crippen LogP contribution in [0.15, 0.2) is 47.0 Å². The van der Waals surface area contributed by atoms with Gasteiger partial charge in [-0.05, 0) is 38.2 Å². The molecule has 0 unspecified atom stereocenters. The molecular formula is C23H24N4O3. The molecular weight excluding hydrogens is 380 g/mol. The highest BCUT2D eigenvalue weighted by molar-refractivity contribution is 6.06. The second kappa shape index (κ2) is 7.50. The quantitative estimate of drug-likeness (QED) is 0.720. The van der Waals surface area contributed by atoms with Crippen LogP contribution in [0.2, 0.25) is 0 Å². The summed E-state index contributed by atoms with van der Waals surface area (Å²) >= 11 is 0. The molecule has 2 aliphatic rings. The molecule has 154 valence electrons. The van der Waals surface area contributed by atoms with E-state index < -0.39 is 0 Å². The van der Waals surface area contributed by atoms with E-state index in [1.54, 1.807) is 0 Å². The number of carbonyl (C=O) groups excluding carboxylic acids is 1. The number of aryl methyl sites for hydroxylation is 1. The molecule has 0 radical (unpaired) electrons. The number of carbonyl (C=O) groups is 1. The van der Waals surface area contributed by atoms with E-state index in [1.807, 2.05) is 49.4 Å². The van der Waals surface area contributed by atoms with Crippen molar-refractivity contribution in [2.45, 2.75) is 13.5 Å². The van der Waals surface area contributed by atoms with E-state index in [2.05, 4.69) is 27.3 Å². The van der Waals surface area contributed by atoms with Gasteiger partial charge in [0.1, 0.15) is 12.4 Å². The number of para-hydroxylation sites is 2. The fourth-order valence-corrected chi connectivity index (χ4v) is 4.01. The Labute approximate surface area is 175 Å². The van der Waals surface area contributed by atoms with Gasteiger partial charge < -0.3 is 24.4 Å². The molecule has 2 aliphatic heterocycles. The van der Waals surface area contributed by atoms with Gasteiger partial charge in [0.05, 0.1) is 22.5 Å².